The molecule has 0 aliphatic carbocycles. The standard InChI is InChI=1S/C21H19ClFN3O3/c1-3-11-25(15-7-5-4-6-8-15)18(27)13-26-19(28)21(2,24-20(26)29)16-10-9-14(23)12-17(16)22/h3-10,12H,1,11,13H2,2H3,(H,24,29). The number of imide groups is 1. The van der Waals surface area contributed by atoms with Gasteiger partial charge in [0.2, 0.25) is 5.91 Å². The number of anilines is 1. The zero-order valence-electron chi connectivity index (χ0n) is 15.7. The topological polar surface area (TPSA) is 69.7 Å². The second kappa shape index (κ2) is 8.05. The third-order valence-electron chi connectivity index (χ3n) is 4.72. The number of carbonyl (C=O) groups is 3. The minimum Gasteiger partial charge on any atom is -0.319 e. The molecule has 0 aromatic heterocycles. The van der Waals surface area contributed by atoms with Gasteiger partial charge >= 0.3 is 6.03 Å². The molecule has 6 nitrogen and oxygen atoms in total. The first-order chi connectivity index (χ1) is 13.8. The lowest BCUT2D eigenvalue weighted by Gasteiger charge is -2.25. The lowest BCUT2D eigenvalue weighted by molar-refractivity contribution is -0.134. The van der Waals surface area contributed by atoms with E-state index in [1.165, 1.54) is 17.9 Å². The molecule has 0 bridgehead atoms. The fraction of sp³-hybridized carbons (Fsp3) is 0.190. The Balaban J connectivity index is 1.86. The Morgan fingerprint density at radius 2 is 1.97 bits per heavy atom. The number of para-hydroxylation sites is 1. The minimum absolute atomic E-state index is 0.00639. The van der Waals surface area contributed by atoms with Crippen LogP contribution in [0.5, 0.6) is 0 Å². The van der Waals surface area contributed by atoms with Crippen LogP contribution in [0.4, 0.5) is 14.9 Å². The molecule has 8 heteroatoms. The molecule has 1 aliphatic heterocycles. The van der Waals surface area contributed by atoms with Crippen LogP contribution in [0.1, 0.15) is 12.5 Å². The van der Waals surface area contributed by atoms with Crippen molar-refractivity contribution in [1.29, 1.82) is 0 Å². The second-order valence-electron chi connectivity index (χ2n) is 6.70. The Labute approximate surface area is 172 Å². The highest BCUT2D eigenvalue weighted by molar-refractivity contribution is 6.32. The third-order valence-corrected chi connectivity index (χ3v) is 5.03. The third kappa shape index (κ3) is 3.86. The summed E-state index contributed by atoms with van der Waals surface area (Å²) in [5, 5.41) is 2.57. The van der Waals surface area contributed by atoms with Crippen molar-refractivity contribution in [3.05, 3.63) is 77.6 Å². The summed E-state index contributed by atoms with van der Waals surface area (Å²) in [6.07, 6.45) is 1.55. The van der Waals surface area contributed by atoms with Crippen molar-refractivity contribution in [2.24, 2.45) is 0 Å². The van der Waals surface area contributed by atoms with E-state index < -0.39 is 35.7 Å². The maximum absolute atomic E-state index is 13.4. The number of hydrogen-bond donors (Lipinski definition) is 1. The number of carbonyl (C=O) groups excluding carboxylic acids is 3. The van der Waals surface area contributed by atoms with Crippen LogP contribution < -0.4 is 10.2 Å². The molecule has 0 spiro atoms. The first-order valence-corrected chi connectivity index (χ1v) is 9.21. The summed E-state index contributed by atoms with van der Waals surface area (Å²) >= 11 is 6.09. The van der Waals surface area contributed by atoms with E-state index in [9.17, 15) is 18.8 Å². The molecule has 0 radical (unpaired) electrons. The van der Waals surface area contributed by atoms with Crippen LogP contribution in [-0.4, -0.2) is 35.8 Å². The van der Waals surface area contributed by atoms with Gasteiger partial charge in [-0.2, -0.15) is 0 Å². The molecule has 4 amide bonds. The molecule has 1 saturated heterocycles. The van der Waals surface area contributed by atoms with Crippen LogP contribution in [0.3, 0.4) is 0 Å². The SMILES string of the molecule is C=CCN(C(=O)CN1C(=O)NC(C)(c2ccc(F)cc2Cl)C1=O)c1ccccc1. The highest BCUT2D eigenvalue weighted by Crippen LogP contribution is 2.34. The van der Waals surface area contributed by atoms with E-state index in [0.29, 0.717) is 5.69 Å². The second-order valence-corrected chi connectivity index (χ2v) is 7.11. The summed E-state index contributed by atoms with van der Waals surface area (Å²) in [7, 11) is 0. The van der Waals surface area contributed by atoms with Gasteiger partial charge in [0.1, 0.15) is 17.9 Å². The van der Waals surface area contributed by atoms with Crippen LogP contribution in [0, 0.1) is 5.82 Å². The summed E-state index contributed by atoms with van der Waals surface area (Å²) in [4.78, 5) is 40.6. The number of amides is 4. The Morgan fingerprint density at radius 3 is 2.59 bits per heavy atom. The molecule has 0 saturated carbocycles. The lowest BCUT2D eigenvalue weighted by atomic mass is 9.92. The largest absolute Gasteiger partial charge is 0.325 e. The van der Waals surface area contributed by atoms with Crippen molar-refractivity contribution in [2.45, 2.75) is 12.5 Å². The fourth-order valence-electron chi connectivity index (χ4n) is 3.23. The van der Waals surface area contributed by atoms with Gasteiger partial charge in [-0.3, -0.25) is 14.5 Å². The summed E-state index contributed by atoms with van der Waals surface area (Å²) < 4.78 is 13.4. The predicted molar refractivity (Wildman–Crippen MR) is 108 cm³/mol. The molecule has 150 valence electrons. The molecule has 1 unspecified atom stereocenters. The average molecular weight is 416 g/mol. The molecule has 2 aromatic carbocycles. The van der Waals surface area contributed by atoms with Crippen LogP contribution in [-0.2, 0) is 15.1 Å². The van der Waals surface area contributed by atoms with Gasteiger partial charge in [-0.25, -0.2) is 9.18 Å². The number of rotatable bonds is 6. The van der Waals surface area contributed by atoms with E-state index >= 15 is 0 Å². The molecule has 1 heterocycles. The van der Waals surface area contributed by atoms with Gasteiger partial charge in [-0.15, -0.1) is 6.58 Å². The number of nitrogens with one attached hydrogen (secondary N) is 1. The normalized spacial score (nSPS) is 18.5. The van der Waals surface area contributed by atoms with Gasteiger partial charge in [-0.1, -0.05) is 41.9 Å². The Kier molecular flexibility index (Phi) is 5.70. The molecule has 29 heavy (non-hydrogen) atoms. The van der Waals surface area contributed by atoms with E-state index in [1.807, 2.05) is 6.07 Å². The Morgan fingerprint density at radius 1 is 1.28 bits per heavy atom. The molecule has 3 rings (SSSR count). The van der Waals surface area contributed by atoms with Gasteiger partial charge in [-0.05, 0) is 31.2 Å². The lowest BCUT2D eigenvalue weighted by Crippen LogP contribution is -2.44. The number of halogens is 2. The van der Waals surface area contributed by atoms with Crippen molar-refractivity contribution in [3.63, 3.8) is 0 Å². The first kappa shape index (κ1) is 20.5. The molecule has 1 fully saturated rings. The van der Waals surface area contributed by atoms with Crippen molar-refractivity contribution in [2.75, 3.05) is 18.0 Å². The molecule has 1 atom stereocenters. The predicted octanol–water partition coefficient (Wildman–Crippen LogP) is 3.47. The summed E-state index contributed by atoms with van der Waals surface area (Å²) in [6, 6.07) is 11.7. The first-order valence-electron chi connectivity index (χ1n) is 8.84. The van der Waals surface area contributed by atoms with Crippen LogP contribution in [0.2, 0.25) is 5.02 Å². The van der Waals surface area contributed by atoms with Gasteiger partial charge in [0.25, 0.3) is 5.91 Å². The summed E-state index contributed by atoms with van der Waals surface area (Å²) in [5.41, 5.74) is -0.633. The quantitative estimate of drug-likeness (QED) is 0.580. The van der Waals surface area contributed by atoms with Gasteiger partial charge < -0.3 is 10.2 Å². The number of hydrogen-bond acceptors (Lipinski definition) is 3. The van der Waals surface area contributed by atoms with E-state index in [-0.39, 0.29) is 17.1 Å². The number of benzene rings is 2. The molecule has 2 aromatic rings. The van der Waals surface area contributed by atoms with E-state index in [4.69, 9.17) is 11.6 Å². The molecule has 1 N–H and O–H groups in total. The number of urea groups is 1. The van der Waals surface area contributed by atoms with Crippen molar-refractivity contribution in [3.8, 4) is 0 Å². The molecular weight excluding hydrogens is 397 g/mol. The van der Waals surface area contributed by atoms with Crippen LogP contribution in [0.15, 0.2) is 61.2 Å². The van der Waals surface area contributed by atoms with E-state index in [2.05, 4.69) is 11.9 Å². The maximum atomic E-state index is 13.4. The molecular formula is C21H19ClFN3O3. The number of nitrogens with zero attached hydrogens (tertiary/aromatic N) is 2. The average Bonchev–Trinajstić information content (AvgIpc) is 2.90. The highest BCUT2D eigenvalue weighted by atomic mass is 35.5. The van der Waals surface area contributed by atoms with Crippen molar-refractivity contribution < 1.29 is 18.8 Å². The summed E-state index contributed by atoms with van der Waals surface area (Å²) in [5.74, 6) is -1.65. The minimum atomic E-state index is -1.50. The zero-order chi connectivity index (χ0) is 21.2. The van der Waals surface area contributed by atoms with Gasteiger partial charge in [0, 0.05) is 22.8 Å². The van der Waals surface area contributed by atoms with Gasteiger partial charge in [0.05, 0.1) is 0 Å². The highest BCUT2D eigenvalue weighted by Gasteiger charge is 2.50. The maximum Gasteiger partial charge on any atom is 0.325 e. The molecule has 1 aliphatic rings. The van der Waals surface area contributed by atoms with Gasteiger partial charge in [0.15, 0.2) is 0 Å². The van der Waals surface area contributed by atoms with Crippen LogP contribution >= 0.6 is 11.6 Å². The summed E-state index contributed by atoms with van der Waals surface area (Å²) in [6.45, 7) is 4.88. The Hall–Kier alpha value is -3.19. The van der Waals surface area contributed by atoms with Crippen molar-refractivity contribution in [1.82, 2.24) is 10.2 Å². The smallest absolute Gasteiger partial charge is 0.319 e. The van der Waals surface area contributed by atoms with Crippen LogP contribution in [0.25, 0.3) is 0 Å². The van der Waals surface area contributed by atoms with Crippen molar-refractivity contribution >= 4 is 35.1 Å². The van der Waals surface area contributed by atoms with E-state index in [0.717, 1.165) is 17.0 Å². The fourth-order valence-corrected chi connectivity index (χ4v) is 3.58. The van der Waals surface area contributed by atoms with E-state index in [1.54, 1.807) is 30.3 Å². The zero-order valence-corrected chi connectivity index (χ0v) is 16.4. The monoisotopic (exact) mass is 415 g/mol. The Bertz CT molecular complexity index is 982.